The summed E-state index contributed by atoms with van der Waals surface area (Å²) in [6, 6.07) is 0. The molecule has 1 aromatic heterocycles. The largest absolute Gasteiger partial charge is 0.440 e. The fourth-order valence-corrected chi connectivity index (χ4v) is 1.36. The lowest BCUT2D eigenvalue weighted by molar-refractivity contribution is -0.306. The van der Waals surface area contributed by atoms with E-state index in [4.69, 9.17) is 0 Å². The van der Waals surface area contributed by atoms with Crippen LogP contribution in [0.25, 0.3) is 0 Å². The number of hydrogen-bond acceptors (Lipinski definition) is 3. The highest BCUT2D eigenvalue weighted by Gasteiger charge is 2.60. The highest BCUT2D eigenvalue weighted by atomic mass is 19.4. The number of hydrogen-bond donors (Lipinski definition) is 0. The summed E-state index contributed by atoms with van der Waals surface area (Å²) >= 11 is 0. The summed E-state index contributed by atoms with van der Waals surface area (Å²) in [5.41, 5.74) is -3.42. The van der Waals surface area contributed by atoms with Gasteiger partial charge in [0, 0.05) is 7.05 Å². The summed E-state index contributed by atoms with van der Waals surface area (Å²) in [4.78, 5) is 10.5. The highest BCUT2D eigenvalue weighted by molar-refractivity contribution is 5.76. The van der Waals surface area contributed by atoms with Crippen molar-refractivity contribution in [2.45, 2.75) is 24.6 Å². The Morgan fingerprint density at radius 2 is 1.64 bits per heavy atom. The van der Waals surface area contributed by atoms with Crippen molar-refractivity contribution in [3.8, 4) is 5.88 Å². The number of ether oxygens (including phenoxy) is 1. The summed E-state index contributed by atoms with van der Waals surface area (Å²) in [6.45, 7) is 0. The first-order valence-corrected chi connectivity index (χ1v) is 5.08. The van der Waals surface area contributed by atoms with E-state index in [1.54, 1.807) is 0 Å². The highest BCUT2D eigenvalue weighted by Crippen LogP contribution is 2.42. The molecular formula is C9H5F9N2O2. The molecule has 0 aliphatic rings. The maximum absolute atomic E-state index is 13.0. The lowest BCUT2D eigenvalue weighted by Gasteiger charge is -2.22. The van der Waals surface area contributed by atoms with E-state index < -0.39 is 48.1 Å². The van der Waals surface area contributed by atoms with Crippen LogP contribution >= 0.6 is 0 Å². The molecule has 0 spiro atoms. The second-order valence-electron chi connectivity index (χ2n) is 3.87. The van der Waals surface area contributed by atoms with Gasteiger partial charge in [0.05, 0.1) is 0 Å². The lowest BCUT2D eigenvalue weighted by Crippen LogP contribution is -2.46. The number of nitrogens with zero attached hydrogens (tertiary/aromatic N) is 2. The van der Waals surface area contributed by atoms with Crippen molar-refractivity contribution in [2.75, 3.05) is 0 Å². The first kappa shape index (κ1) is 18.1. The van der Waals surface area contributed by atoms with Crippen LogP contribution in [0.4, 0.5) is 39.5 Å². The van der Waals surface area contributed by atoms with E-state index in [2.05, 4.69) is 9.84 Å². The van der Waals surface area contributed by atoms with E-state index in [0.717, 1.165) is 7.05 Å². The van der Waals surface area contributed by atoms with E-state index >= 15 is 0 Å². The predicted molar refractivity (Wildman–Crippen MR) is 50.1 cm³/mol. The minimum absolute atomic E-state index is 0.155. The fourth-order valence-electron chi connectivity index (χ4n) is 1.36. The van der Waals surface area contributed by atoms with Crippen LogP contribution in [0.3, 0.4) is 0 Å². The Balaban J connectivity index is 3.32. The zero-order chi connectivity index (χ0) is 17.5. The average Bonchev–Trinajstić information content (AvgIpc) is 2.61. The van der Waals surface area contributed by atoms with Crippen LogP contribution < -0.4 is 4.74 Å². The third kappa shape index (κ3) is 3.44. The summed E-state index contributed by atoms with van der Waals surface area (Å²) in [7, 11) is 0.723. The van der Waals surface area contributed by atoms with Crippen LogP contribution in [-0.4, -0.2) is 34.5 Å². The quantitative estimate of drug-likeness (QED) is 0.623. The van der Waals surface area contributed by atoms with Gasteiger partial charge in [0.2, 0.25) is 0 Å². The first-order chi connectivity index (χ1) is 9.71. The molecule has 0 saturated heterocycles. The molecular weight excluding hydrogens is 339 g/mol. The van der Waals surface area contributed by atoms with Crippen LogP contribution in [0.1, 0.15) is 16.1 Å². The monoisotopic (exact) mass is 344 g/mol. The number of aryl methyl sites for hydroxylation is 1. The summed E-state index contributed by atoms with van der Waals surface area (Å²) in [5.74, 6) is -2.05. The number of aromatic nitrogens is 2. The van der Waals surface area contributed by atoms with Crippen molar-refractivity contribution >= 4 is 6.29 Å². The van der Waals surface area contributed by atoms with Gasteiger partial charge in [-0.2, -0.15) is 35.1 Å². The van der Waals surface area contributed by atoms with Crippen molar-refractivity contribution in [2.24, 2.45) is 7.05 Å². The maximum Gasteiger partial charge on any atom is 0.440 e. The first-order valence-electron chi connectivity index (χ1n) is 5.08. The molecule has 1 atom stereocenters. The van der Waals surface area contributed by atoms with Crippen LogP contribution in [-0.2, 0) is 13.2 Å². The molecule has 0 bridgehead atoms. The third-order valence-corrected chi connectivity index (χ3v) is 2.27. The van der Waals surface area contributed by atoms with E-state index in [9.17, 15) is 44.3 Å². The van der Waals surface area contributed by atoms with Crippen molar-refractivity contribution in [1.29, 1.82) is 0 Å². The molecule has 0 aliphatic heterocycles. The zero-order valence-electron chi connectivity index (χ0n) is 10.3. The van der Waals surface area contributed by atoms with Gasteiger partial charge in [0.25, 0.3) is 12.1 Å². The molecule has 0 aliphatic carbocycles. The Bertz CT molecular complexity index is 561. The van der Waals surface area contributed by atoms with Crippen molar-refractivity contribution < 1.29 is 49.0 Å². The van der Waals surface area contributed by atoms with Crippen LogP contribution in [0.15, 0.2) is 0 Å². The van der Waals surface area contributed by atoms with E-state index in [-0.39, 0.29) is 4.68 Å². The smallest absolute Gasteiger partial charge is 0.410 e. The van der Waals surface area contributed by atoms with Crippen LogP contribution in [0, 0.1) is 0 Å². The second kappa shape index (κ2) is 5.35. The Kier molecular flexibility index (Phi) is 4.40. The van der Waals surface area contributed by atoms with Crippen molar-refractivity contribution in [3.05, 3.63) is 11.3 Å². The normalized spacial score (nSPS) is 14.8. The number of rotatable bonds is 4. The Labute approximate surface area is 115 Å². The van der Waals surface area contributed by atoms with Gasteiger partial charge in [-0.25, -0.2) is 4.39 Å². The Morgan fingerprint density at radius 3 is 2.00 bits per heavy atom. The molecule has 22 heavy (non-hydrogen) atoms. The molecule has 0 amide bonds. The second-order valence-corrected chi connectivity index (χ2v) is 3.87. The van der Waals surface area contributed by atoms with E-state index in [0.29, 0.717) is 0 Å². The number of alkyl halides is 9. The molecule has 4 nitrogen and oxygen atoms in total. The minimum atomic E-state index is -6.08. The van der Waals surface area contributed by atoms with Gasteiger partial charge in [-0.1, -0.05) is 0 Å². The third-order valence-electron chi connectivity index (χ3n) is 2.27. The molecule has 1 aromatic rings. The van der Waals surface area contributed by atoms with Crippen molar-refractivity contribution in [1.82, 2.24) is 9.78 Å². The lowest BCUT2D eigenvalue weighted by atomic mass is 10.2. The topological polar surface area (TPSA) is 44.1 Å². The summed E-state index contributed by atoms with van der Waals surface area (Å²) in [6.07, 6.45) is -22.5. The number of carbonyl (C=O) groups excluding carboxylic acids is 1. The minimum Gasteiger partial charge on any atom is -0.410 e. The van der Waals surface area contributed by atoms with E-state index in [1.807, 2.05) is 0 Å². The molecule has 1 unspecified atom stereocenters. The molecule has 1 heterocycles. The van der Waals surface area contributed by atoms with Gasteiger partial charge in [-0.15, -0.1) is 5.10 Å². The van der Waals surface area contributed by atoms with Gasteiger partial charge >= 0.3 is 18.5 Å². The molecule has 13 heteroatoms. The standard InChI is InChI=1S/C9H5F9N2O2/c1-20-3(2-21)4(7(11,12)13)5(19-20)22-9(17,18)6(10)8(14,15)16/h2,6H,1H3. The fraction of sp³-hybridized carbons (Fsp3) is 0.556. The van der Waals surface area contributed by atoms with Gasteiger partial charge in [-0.05, 0) is 0 Å². The molecule has 1 rings (SSSR count). The van der Waals surface area contributed by atoms with Crippen LogP contribution in [0.2, 0.25) is 0 Å². The van der Waals surface area contributed by atoms with Gasteiger partial charge in [0.1, 0.15) is 11.3 Å². The number of halogens is 9. The molecule has 0 N–H and O–H groups in total. The number of carbonyl (C=O) groups is 1. The van der Waals surface area contributed by atoms with E-state index in [1.165, 1.54) is 0 Å². The van der Waals surface area contributed by atoms with Crippen molar-refractivity contribution in [3.63, 3.8) is 0 Å². The summed E-state index contributed by atoms with van der Waals surface area (Å²) < 4.78 is 116. The predicted octanol–water partition coefficient (Wildman–Crippen LogP) is 3.12. The Hall–Kier alpha value is -1.95. The van der Waals surface area contributed by atoms with Crippen LogP contribution in [0.5, 0.6) is 5.88 Å². The average molecular weight is 344 g/mol. The SMILES string of the molecule is Cn1nc(OC(F)(F)C(F)C(F)(F)F)c(C(F)(F)F)c1C=O. The van der Waals surface area contributed by atoms with Gasteiger partial charge in [0.15, 0.2) is 6.29 Å². The molecule has 0 fully saturated rings. The molecule has 0 radical (unpaired) electrons. The maximum atomic E-state index is 13.0. The Morgan fingerprint density at radius 1 is 1.14 bits per heavy atom. The van der Waals surface area contributed by atoms with Gasteiger partial charge in [-0.3, -0.25) is 9.48 Å². The number of aldehydes is 1. The van der Waals surface area contributed by atoms with Gasteiger partial charge < -0.3 is 4.74 Å². The molecule has 0 aromatic carbocycles. The summed E-state index contributed by atoms with van der Waals surface area (Å²) in [5, 5.41) is 2.73. The zero-order valence-corrected chi connectivity index (χ0v) is 10.3. The molecule has 0 saturated carbocycles. The molecule has 126 valence electrons.